The minimum Gasteiger partial charge on any atom is -0.352 e. The molecule has 0 bridgehead atoms. The summed E-state index contributed by atoms with van der Waals surface area (Å²) in [6.45, 7) is 0.673. The normalized spacial score (nSPS) is 18.0. The van der Waals surface area contributed by atoms with Crippen molar-refractivity contribution >= 4 is 11.8 Å². The average Bonchev–Trinajstić information content (AvgIpc) is 2.56. The fraction of sp³-hybridized carbons (Fsp3) is 0.188. The van der Waals surface area contributed by atoms with Crippen LogP contribution in [0.15, 0.2) is 48.8 Å². The van der Waals surface area contributed by atoms with E-state index in [-0.39, 0.29) is 17.4 Å². The third kappa shape index (κ3) is 2.55. The topological polar surface area (TPSA) is 62.3 Å². The molecule has 5 nitrogen and oxygen atoms in total. The molecular formula is C16H14FN3O2. The van der Waals surface area contributed by atoms with E-state index in [1.54, 1.807) is 24.3 Å². The molecule has 6 heteroatoms. The van der Waals surface area contributed by atoms with Crippen molar-refractivity contribution in [2.24, 2.45) is 0 Å². The van der Waals surface area contributed by atoms with Gasteiger partial charge in [0.1, 0.15) is 11.9 Å². The fourth-order valence-electron chi connectivity index (χ4n) is 2.55. The Hall–Kier alpha value is -2.76. The molecule has 0 radical (unpaired) electrons. The molecule has 1 unspecified atom stereocenters. The first-order valence-corrected chi connectivity index (χ1v) is 6.91. The number of amides is 2. The maximum absolute atomic E-state index is 14.1. The molecular weight excluding hydrogens is 285 g/mol. The lowest BCUT2D eigenvalue weighted by Gasteiger charge is -2.35. The third-order valence-corrected chi connectivity index (χ3v) is 3.60. The van der Waals surface area contributed by atoms with Crippen LogP contribution in [0.2, 0.25) is 0 Å². The van der Waals surface area contributed by atoms with Gasteiger partial charge in [-0.05, 0) is 18.2 Å². The summed E-state index contributed by atoms with van der Waals surface area (Å²) in [6.07, 6.45) is 3.02. The van der Waals surface area contributed by atoms with E-state index in [1.807, 2.05) is 0 Å². The molecule has 2 amide bonds. The Bertz CT molecular complexity index is 706. The van der Waals surface area contributed by atoms with Crippen molar-refractivity contribution in [2.45, 2.75) is 6.04 Å². The van der Waals surface area contributed by atoms with Gasteiger partial charge < -0.3 is 10.2 Å². The summed E-state index contributed by atoms with van der Waals surface area (Å²) in [7, 11) is 0. The fourth-order valence-corrected chi connectivity index (χ4v) is 2.55. The van der Waals surface area contributed by atoms with E-state index in [1.165, 1.54) is 29.4 Å². The summed E-state index contributed by atoms with van der Waals surface area (Å²) in [4.78, 5) is 30.1. The van der Waals surface area contributed by atoms with Crippen molar-refractivity contribution in [3.63, 3.8) is 0 Å². The number of halogens is 1. The van der Waals surface area contributed by atoms with Crippen LogP contribution in [-0.2, 0) is 4.79 Å². The first-order chi connectivity index (χ1) is 10.7. The highest BCUT2D eigenvalue weighted by Crippen LogP contribution is 2.27. The average molecular weight is 299 g/mol. The Morgan fingerprint density at radius 2 is 1.95 bits per heavy atom. The van der Waals surface area contributed by atoms with Crippen molar-refractivity contribution < 1.29 is 14.0 Å². The Balaban J connectivity index is 1.99. The van der Waals surface area contributed by atoms with Crippen LogP contribution >= 0.6 is 0 Å². The van der Waals surface area contributed by atoms with E-state index in [4.69, 9.17) is 0 Å². The molecule has 1 aromatic carbocycles. The Morgan fingerprint density at radius 1 is 1.23 bits per heavy atom. The molecule has 1 N–H and O–H groups in total. The minimum atomic E-state index is -0.962. The Labute approximate surface area is 126 Å². The van der Waals surface area contributed by atoms with Gasteiger partial charge in [0.25, 0.3) is 5.91 Å². The van der Waals surface area contributed by atoms with Crippen LogP contribution in [0.1, 0.15) is 22.0 Å². The molecule has 1 atom stereocenters. The van der Waals surface area contributed by atoms with E-state index in [2.05, 4.69) is 10.3 Å². The van der Waals surface area contributed by atoms with Crippen molar-refractivity contribution in [3.05, 3.63) is 65.7 Å². The predicted molar refractivity (Wildman–Crippen MR) is 77.4 cm³/mol. The second-order valence-corrected chi connectivity index (χ2v) is 4.95. The van der Waals surface area contributed by atoms with Crippen LogP contribution in [0.4, 0.5) is 4.39 Å². The first-order valence-electron chi connectivity index (χ1n) is 6.91. The second kappa shape index (κ2) is 5.93. The summed E-state index contributed by atoms with van der Waals surface area (Å²) >= 11 is 0. The molecule has 0 spiro atoms. The number of aromatic nitrogens is 1. The van der Waals surface area contributed by atoms with Gasteiger partial charge in [-0.15, -0.1) is 0 Å². The molecule has 112 valence electrons. The third-order valence-electron chi connectivity index (χ3n) is 3.60. The number of carbonyl (C=O) groups is 2. The molecule has 1 aliphatic heterocycles. The zero-order valence-corrected chi connectivity index (χ0v) is 11.7. The van der Waals surface area contributed by atoms with E-state index < -0.39 is 11.9 Å². The van der Waals surface area contributed by atoms with Crippen LogP contribution in [0, 0.1) is 5.82 Å². The maximum Gasteiger partial charge on any atom is 0.254 e. The molecule has 1 fully saturated rings. The summed E-state index contributed by atoms with van der Waals surface area (Å²) in [5.41, 5.74) is 0.619. The lowest BCUT2D eigenvalue weighted by Crippen LogP contribution is -2.52. The van der Waals surface area contributed by atoms with Gasteiger partial charge in [0.2, 0.25) is 5.91 Å². The highest BCUT2D eigenvalue weighted by atomic mass is 19.1. The zero-order chi connectivity index (χ0) is 15.5. The predicted octanol–water partition coefficient (Wildman–Crippen LogP) is 1.53. The molecule has 22 heavy (non-hydrogen) atoms. The van der Waals surface area contributed by atoms with Gasteiger partial charge in [-0.1, -0.05) is 18.2 Å². The summed E-state index contributed by atoms with van der Waals surface area (Å²) in [6, 6.07) is 8.20. The van der Waals surface area contributed by atoms with Crippen LogP contribution in [0.3, 0.4) is 0 Å². The molecule has 2 heterocycles. The smallest absolute Gasteiger partial charge is 0.254 e. The highest BCUT2D eigenvalue weighted by molar-refractivity contribution is 5.98. The van der Waals surface area contributed by atoms with Gasteiger partial charge in [0, 0.05) is 36.6 Å². The summed E-state index contributed by atoms with van der Waals surface area (Å²) in [5.74, 6) is -1.19. The standard InChI is InChI=1S/C16H14FN3O2/c17-13-4-2-1-3-12(13)14-15(21)19-9-10-20(14)16(22)11-5-7-18-8-6-11/h1-8,14H,9-10H2,(H,19,21). The van der Waals surface area contributed by atoms with Crippen LogP contribution in [0.25, 0.3) is 0 Å². The van der Waals surface area contributed by atoms with E-state index in [9.17, 15) is 14.0 Å². The van der Waals surface area contributed by atoms with E-state index >= 15 is 0 Å². The van der Waals surface area contributed by atoms with Crippen molar-refractivity contribution in [2.75, 3.05) is 13.1 Å². The van der Waals surface area contributed by atoms with E-state index in [0.717, 1.165) is 0 Å². The number of rotatable bonds is 2. The van der Waals surface area contributed by atoms with Gasteiger partial charge in [-0.2, -0.15) is 0 Å². The number of nitrogens with one attached hydrogen (secondary N) is 1. The molecule has 3 rings (SSSR count). The first kappa shape index (κ1) is 14.2. The Morgan fingerprint density at radius 3 is 2.68 bits per heavy atom. The number of piperazine rings is 1. The largest absolute Gasteiger partial charge is 0.352 e. The highest BCUT2D eigenvalue weighted by Gasteiger charge is 2.36. The number of pyridine rings is 1. The van der Waals surface area contributed by atoms with Crippen LogP contribution in [-0.4, -0.2) is 34.8 Å². The number of benzene rings is 1. The van der Waals surface area contributed by atoms with Gasteiger partial charge in [0.15, 0.2) is 0 Å². The summed E-state index contributed by atoms with van der Waals surface area (Å²) < 4.78 is 14.1. The number of hydrogen-bond acceptors (Lipinski definition) is 3. The lowest BCUT2D eigenvalue weighted by molar-refractivity contribution is -0.128. The second-order valence-electron chi connectivity index (χ2n) is 4.95. The number of carbonyl (C=O) groups excluding carboxylic acids is 2. The monoisotopic (exact) mass is 299 g/mol. The zero-order valence-electron chi connectivity index (χ0n) is 11.7. The van der Waals surface area contributed by atoms with Crippen molar-refractivity contribution in [1.29, 1.82) is 0 Å². The minimum absolute atomic E-state index is 0.196. The van der Waals surface area contributed by atoms with Crippen LogP contribution < -0.4 is 5.32 Å². The van der Waals surface area contributed by atoms with Gasteiger partial charge in [0.05, 0.1) is 0 Å². The SMILES string of the molecule is O=C1NCCN(C(=O)c2ccncc2)C1c1ccccc1F. The van der Waals surface area contributed by atoms with Gasteiger partial charge in [-0.3, -0.25) is 14.6 Å². The summed E-state index contributed by atoms with van der Waals surface area (Å²) in [5, 5.41) is 2.68. The van der Waals surface area contributed by atoms with Crippen molar-refractivity contribution in [1.82, 2.24) is 15.2 Å². The molecule has 1 saturated heterocycles. The molecule has 2 aromatic rings. The van der Waals surface area contributed by atoms with Gasteiger partial charge >= 0.3 is 0 Å². The Kier molecular flexibility index (Phi) is 3.82. The number of hydrogen-bond donors (Lipinski definition) is 1. The number of nitrogens with zero attached hydrogens (tertiary/aromatic N) is 2. The van der Waals surface area contributed by atoms with Crippen molar-refractivity contribution in [3.8, 4) is 0 Å². The lowest BCUT2D eigenvalue weighted by atomic mass is 10.0. The molecule has 0 aliphatic carbocycles. The van der Waals surface area contributed by atoms with E-state index in [0.29, 0.717) is 18.7 Å². The van der Waals surface area contributed by atoms with Crippen LogP contribution in [0.5, 0.6) is 0 Å². The quantitative estimate of drug-likeness (QED) is 0.915. The maximum atomic E-state index is 14.1. The molecule has 1 aliphatic rings. The van der Waals surface area contributed by atoms with Gasteiger partial charge in [-0.25, -0.2) is 4.39 Å². The molecule has 0 saturated carbocycles. The molecule has 1 aromatic heterocycles.